The van der Waals surface area contributed by atoms with E-state index in [1.165, 1.54) is 29.3 Å². The molecule has 4 atom stereocenters. The zero-order chi connectivity index (χ0) is 22.4. The SMILES string of the molecule is CN(CC[C@@H](N)CC(=O)N[C@H]1C=C[C@H](n2ccc(N)nc2=O)O[C@H]1C(=O)O)C(=N)N. The van der Waals surface area contributed by atoms with Gasteiger partial charge in [0.25, 0.3) is 0 Å². The summed E-state index contributed by atoms with van der Waals surface area (Å²) in [6, 6.07) is -0.0702. The second-order valence-corrected chi connectivity index (χ2v) is 6.87. The molecule has 0 spiro atoms. The lowest BCUT2D eigenvalue weighted by Crippen LogP contribution is -2.51. The zero-order valence-electron chi connectivity index (χ0n) is 16.4. The maximum absolute atomic E-state index is 12.3. The molecule has 0 aliphatic carbocycles. The average molecular weight is 422 g/mol. The number of nitrogen functional groups attached to an aromatic ring is 1. The highest BCUT2D eigenvalue weighted by Gasteiger charge is 2.35. The van der Waals surface area contributed by atoms with Crippen LogP contribution in [0.15, 0.2) is 29.2 Å². The molecule has 1 aromatic rings. The number of guanidine groups is 1. The molecule has 1 aliphatic rings. The van der Waals surface area contributed by atoms with Gasteiger partial charge in [-0.2, -0.15) is 4.98 Å². The van der Waals surface area contributed by atoms with Crippen LogP contribution in [0.1, 0.15) is 19.1 Å². The number of carboxylic acid groups (broad SMARTS) is 1. The summed E-state index contributed by atoms with van der Waals surface area (Å²) >= 11 is 0. The van der Waals surface area contributed by atoms with Crippen LogP contribution in [-0.2, 0) is 14.3 Å². The monoisotopic (exact) mass is 422 g/mol. The summed E-state index contributed by atoms with van der Waals surface area (Å²) in [6.45, 7) is 0.403. The fourth-order valence-electron chi connectivity index (χ4n) is 2.77. The van der Waals surface area contributed by atoms with E-state index < -0.39 is 42.0 Å². The largest absolute Gasteiger partial charge is 0.479 e. The number of nitrogens with two attached hydrogens (primary N) is 3. The van der Waals surface area contributed by atoms with E-state index in [4.69, 9.17) is 27.3 Å². The van der Waals surface area contributed by atoms with Gasteiger partial charge in [-0.05, 0) is 18.6 Å². The molecule has 164 valence electrons. The van der Waals surface area contributed by atoms with Gasteiger partial charge in [0, 0.05) is 32.3 Å². The van der Waals surface area contributed by atoms with Gasteiger partial charge >= 0.3 is 11.7 Å². The van der Waals surface area contributed by atoms with Crippen LogP contribution in [0.2, 0.25) is 0 Å². The summed E-state index contributed by atoms with van der Waals surface area (Å²) < 4.78 is 6.57. The number of hydrogen-bond acceptors (Lipinski definition) is 8. The first-order chi connectivity index (χ1) is 14.1. The van der Waals surface area contributed by atoms with Crippen LogP contribution < -0.4 is 28.2 Å². The Bertz CT molecular complexity index is 885. The van der Waals surface area contributed by atoms with E-state index in [0.717, 1.165) is 4.57 Å². The van der Waals surface area contributed by atoms with E-state index in [-0.39, 0.29) is 18.2 Å². The second kappa shape index (κ2) is 9.84. The van der Waals surface area contributed by atoms with Crippen molar-refractivity contribution >= 4 is 23.7 Å². The Kier molecular flexibility index (Phi) is 7.49. The first-order valence-electron chi connectivity index (χ1n) is 9.10. The van der Waals surface area contributed by atoms with Crippen molar-refractivity contribution in [1.29, 1.82) is 5.41 Å². The summed E-state index contributed by atoms with van der Waals surface area (Å²) in [4.78, 5) is 40.9. The molecule has 2 heterocycles. The fraction of sp³-hybridized carbons (Fsp3) is 0.471. The minimum atomic E-state index is -1.42. The number of aromatic nitrogens is 2. The van der Waals surface area contributed by atoms with Crippen molar-refractivity contribution in [3.05, 3.63) is 34.9 Å². The lowest BCUT2D eigenvalue weighted by molar-refractivity contribution is -0.159. The van der Waals surface area contributed by atoms with Crippen molar-refractivity contribution in [2.45, 2.75) is 37.3 Å². The van der Waals surface area contributed by atoms with Crippen LogP contribution in [0, 0.1) is 5.41 Å². The van der Waals surface area contributed by atoms with E-state index in [0.29, 0.717) is 13.0 Å². The topological polar surface area (TPSA) is 216 Å². The number of anilines is 1. The Hall–Kier alpha value is -3.45. The molecule has 2 rings (SSSR count). The standard InChI is InChI=1S/C17H26N8O5/c1-24(16(20)21)6-4-9(18)8-12(26)22-10-2-3-13(30-14(10)15(27)28)25-7-5-11(19)23-17(25)29/h2-3,5,7,9-10,13-14H,4,6,8,18H2,1H3,(H3,20,21)(H,22,26)(H,27,28)(H2,19,23,29)/t9-,10+,13-,14-/m1/s1. The molecule has 0 unspecified atom stereocenters. The Morgan fingerprint density at radius 1 is 1.47 bits per heavy atom. The van der Waals surface area contributed by atoms with Gasteiger partial charge in [-0.3, -0.25) is 14.8 Å². The van der Waals surface area contributed by atoms with E-state index in [1.807, 2.05) is 0 Å². The van der Waals surface area contributed by atoms with Crippen molar-refractivity contribution in [3.63, 3.8) is 0 Å². The number of carbonyl (C=O) groups is 2. The molecule has 0 saturated carbocycles. The summed E-state index contributed by atoms with van der Waals surface area (Å²) in [5.41, 5.74) is 16.0. The van der Waals surface area contributed by atoms with Crippen LogP contribution in [-0.4, -0.2) is 69.2 Å². The molecule has 13 heteroatoms. The van der Waals surface area contributed by atoms with Gasteiger partial charge in [0.15, 0.2) is 18.3 Å². The molecule has 1 aromatic heterocycles. The molecule has 1 amide bonds. The van der Waals surface area contributed by atoms with Gasteiger partial charge in [-0.25, -0.2) is 9.59 Å². The summed E-state index contributed by atoms with van der Waals surface area (Å²) in [7, 11) is 1.63. The number of hydrogen-bond donors (Lipinski definition) is 6. The maximum atomic E-state index is 12.3. The number of nitrogens with zero attached hydrogens (tertiary/aromatic N) is 3. The van der Waals surface area contributed by atoms with Gasteiger partial charge in [-0.1, -0.05) is 6.08 Å². The number of nitrogens with one attached hydrogen (secondary N) is 2. The van der Waals surface area contributed by atoms with Gasteiger partial charge in [0.2, 0.25) is 5.91 Å². The first-order valence-corrected chi connectivity index (χ1v) is 9.10. The molecule has 0 radical (unpaired) electrons. The predicted octanol–water partition coefficient (Wildman–Crippen LogP) is -2.22. The first kappa shape index (κ1) is 22.8. The average Bonchev–Trinajstić information content (AvgIpc) is 2.66. The zero-order valence-corrected chi connectivity index (χ0v) is 16.4. The Labute approximate surface area is 172 Å². The van der Waals surface area contributed by atoms with E-state index >= 15 is 0 Å². The van der Waals surface area contributed by atoms with Crippen LogP contribution >= 0.6 is 0 Å². The Balaban J connectivity index is 2.01. The minimum Gasteiger partial charge on any atom is -0.479 e. The van der Waals surface area contributed by atoms with Crippen molar-refractivity contribution in [1.82, 2.24) is 19.8 Å². The van der Waals surface area contributed by atoms with Crippen molar-refractivity contribution in [2.75, 3.05) is 19.3 Å². The fourth-order valence-corrected chi connectivity index (χ4v) is 2.77. The van der Waals surface area contributed by atoms with Gasteiger partial charge < -0.3 is 37.3 Å². The van der Waals surface area contributed by atoms with E-state index in [1.54, 1.807) is 7.05 Å². The van der Waals surface area contributed by atoms with Crippen molar-refractivity contribution < 1.29 is 19.4 Å². The van der Waals surface area contributed by atoms with Crippen LogP contribution in [0.3, 0.4) is 0 Å². The predicted molar refractivity (Wildman–Crippen MR) is 107 cm³/mol. The van der Waals surface area contributed by atoms with E-state index in [9.17, 15) is 19.5 Å². The highest BCUT2D eigenvalue weighted by Crippen LogP contribution is 2.20. The number of carbonyl (C=O) groups excluding carboxylic acids is 1. The molecule has 9 N–H and O–H groups in total. The lowest BCUT2D eigenvalue weighted by Gasteiger charge is -2.31. The van der Waals surface area contributed by atoms with Gasteiger partial charge in [-0.15, -0.1) is 0 Å². The number of amides is 1. The summed E-state index contributed by atoms with van der Waals surface area (Å²) in [5.74, 6) is -1.84. The Morgan fingerprint density at radius 2 is 2.17 bits per heavy atom. The quantitative estimate of drug-likeness (QED) is 0.151. The number of carboxylic acids is 1. The Morgan fingerprint density at radius 3 is 2.77 bits per heavy atom. The van der Waals surface area contributed by atoms with Crippen molar-refractivity contribution in [3.8, 4) is 0 Å². The third kappa shape index (κ3) is 6.02. The third-order valence-corrected chi connectivity index (χ3v) is 4.49. The van der Waals surface area contributed by atoms with Crippen LogP contribution in [0.5, 0.6) is 0 Å². The molecular formula is C17H26N8O5. The smallest absolute Gasteiger partial charge is 0.351 e. The molecule has 0 saturated heterocycles. The van der Waals surface area contributed by atoms with Crippen LogP contribution in [0.4, 0.5) is 5.82 Å². The second-order valence-electron chi connectivity index (χ2n) is 6.87. The lowest BCUT2D eigenvalue weighted by atomic mass is 10.1. The molecule has 30 heavy (non-hydrogen) atoms. The molecule has 0 aromatic carbocycles. The number of ether oxygens (including phenoxy) is 1. The number of rotatable bonds is 8. The van der Waals surface area contributed by atoms with Crippen LogP contribution in [0.25, 0.3) is 0 Å². The van der Waals surface area contributed by atoms with Gasteiger partial charge in [0.05, 0.1) is 6.04 Å². The molecule has 0 fully saturated rings. The van der Waals surface area contributed by atoms with Crippen molar-refractivity contribution in [2.24, 2.45) is 11.5 Å². The molecule has 13 nitrogen and oxygen atoms in total. The third-order valence-electron chi connectivity index (χ3n) is 4.49. The normalized spacial score (nSPS) is 21.6. The summed E-state index contributed by atoms with van der Waals surface area (Å²) in [6.07, 6.45) is 2.17. The molecule has 1 aliphatic heterocycles. The minimum absolute atomic E-state index is 0.0294. The number of aliphatic carboxylic acids is 1. The highest BCUT2D eigenvalue weighted by molar-refractivity contribution is 5.80. The van der Waals surface area contributed by atoms with Gasteiger partial charge in [0.1, 0.15) is 5.82 Å². The maximum Gasteiger partial charge on any atom is 0.351 e. The highest BCUT2D eigenvalue weighted by atomic mass is 16.5. The molecular weight excluding hydrogens is 396 g/mol. The molecule has 0 bridgehead atoms. The van der Waals surface area contributed by atoms with E-state index in [2.05, 4.69) is 10.3 Å². The summed E-state index contributed by atoms with van der Waals surface area (Å²) in [5, 5.41) is 19.4.